The van der Waals surface area contributed by atoms with E-state index in [2.05, 4.69) is 54.5 Å². The zero-order chi connectivity index (χ0) is 26.5. The van der Waals surface area contributed by atoms with Crippen LogP contribution in [0.4, 0.5) is 0 Å². The van der Waals surface area contributed by atoms with Gasteiger partial charge >= 0.3 is 5.97 Å². The minimum atomic E-state index is -0.489. The zero-order valence-corrected chi connectivity index (χ0v) is 24.0. The van der Waals surface area contributed by atoms with Gasteiger partial charge in [-0.2, -0.15) is 0 Å². The lowest BCUT2D eigenvalue weighted by atomic mass is 9.33. The van der Waals surface area contributed by atoms with E-state index in [4.69, 9.17) is 4.74 Å². The van der Waals surface area contributed by atoms with Gasteiger partial charge in [-0.1, -0.05) is 47.1 Å². The van der Waals surface area contributed by atoms with Crippen LogP contribution >= 0.6 is 0 Å². The predicted octanol–water partition coefficient (Wildman–Crippen LogP) is 7.10. The van der Waals surface area contributed by atoms with Crippen molar-refractivity contribution in [1.29, 1.82) is 0 Å². The number of ketones is 2. The molecule has 4 nitrogen and oxygen atoms in total. The Bertz CT molecular complexity index is 1040. The molecule has 0 saturated heterocycles. The van der Waals surface area contributed by atoms with E-state index in [9.17, 15) is 14.4 Å². The summed E-state index contributed by atoms with van der Waals surface area (Å²) in [5.41, 5.74) is 0.244. The van der Waals surface area contributed by atoms with Gasteiger partial charge in [0.1, 0.15) is 5.78 Å². The molecule has 0 spiro atoms. The summed E-state index contributed by atoms with van der Waals surface area (Å²) in [6, 6.07) is 0. The van der Waals surface area contributed by atoms with Crippen molar-refractivity contribution in [3.63, 3.8) is 0 Å². The van der Waals surface area contributed by atoms with Crippen LogP contribution in [-0.4, -0.2) is 24.1 Å². The van der Waals surface area contributed by atoms with E-state index in [0.717, 1.165) is 51.4 Å². The highest BCUT2D eigenvalue weighted by Gasteiger charge is 2.70. The van der Waals surface area contributed by atoms with Crippen LogP contribution in [0.2, 0.25) is 0 Å². The Morgan fingerprint density at radius 1 is 0.944 bits per heavy atom. The molecule has 0 aromatic rings. The fourth-order valence-electron chi connectivity index (χ4n) is 10.5. The summed E-state index contributed by atoms with van der Waals surface area (Å²) in [5.74, 6) is 1.02. The first-order chi connectivity index (χ1) is 16.6. The monoisotopic (exact) mass is 496 g/mol. The predicted molar refractivity (Wildman–Crippen MR) is 141 cm³/mol. The van der Waals surface area contributed by atoms with Crippen LogP contribution in [0.25, 0.3) is 0 Å². The average Bonchev–Trinajstić information content (AvgIpc) is 2.79. The standard InChI is InChI=1S/C32H48O4/c1-9-36-26(35)29(5)15-14-28(4)16-17-31(7)20(21(28)19-29)18-22(33)25-30(6)12-11-24(34)27(2,3)23(30)10-13-32(25,31)8/h18,21,23,25H,9-17,19H2,1-8H3/t21-,23-,25+,28+,29-,30-,31+,32+/m0/s1. The summed E-state index contributed by atoms with van der Waals surface area (Å²) in [4.78, 5) is 40.3. The zero-order valence-electron chi connectivity index (χ0n) is 24.0. The number of hydrogen-bond acceptors (Lipinski definition) is 4. The van der Waals surface area contributed by atoms with Gasteiger partial charge in [0.25, 0.3) is 0 Å². The number of allylic oxidation sites excluding steroid dienone is 2. The molecular formula is C32H48O4. The van der Waals surface area contributed by atoms with Gasteiger partial charge in [0.05, 0.1) is 12.0 Å². The lowest BCUT2D eigenvalue weighted by Crippen LogP contribution is -2.66. The Balaban J connectivity index is 1.59. The van der Waals surface area contributed by atoms with Crippen molar-refractivity contribution < 1.29 is 19.1 Å². The SMILES string of the molecule is CCOC(=O)[C@@]1(C)CC[C@]2(C)CC[C@]3(C)C(=CC(=O)[C@@H]4[C@@]5(C)CCC(=O)C(C)(C)[C@@H]5CC[C@]43C)[C@@H]2C1. The van der Waals surface area contributed by atoms with Crippen LogP contribution in [-0.2, 0) is 19.1 Å². The lowest BCUT2D eigenvalue weighted by Gasteiger charge is -2.69. The maximum atomic E-state index is 14.3. The molecule has 0 aliphatic heterocycles. The van der Waals surface area contributed by atoms with E-state index in [0.29, 0.717) is 18.8 Å². The second-order valence-electron chi connectivity index (χ2n) is 15.1. The van der Waals surface area contributed by atoms with Crippen LogP contribution in [0.5, 0.6) is 0 Å². The molecule has 0 aromatic carbocycles. The Morgan fingerprint density at radius 3 is 2.28 bits per heavy atom. The third-order valence-corrected chi connectivity index (χ3v) is 13.1. The molecule has 0 heterocycles. The first kappa shape index (κ1) is 26.2. The molecule has 36 heavy (non-hydrogen) atoms. The molecule has 0 amide bonds. The molecule has 5 aliphatic carbocycles. The first-order valence-corrected chi connectivity index (χ1v) is 14.6. The van der Waals surface area contributed by atoms with Crippen LogP contribution in [0.1, 0.15) is 113 Å². The van der Waals surface area contributed by atoms with Crippen molar-refractivity contribution in [2.75, 3.05) is 6.61 Å². The molecule has 4 heteroatoms. The van der Waals surface area contributed by atoms with Crippen molar-refractivity contribution >= 4 is 17.5 Å². The van der Waals surface area contributed by atoms with Crippen LogP contribution in [0.3, 0.4) is 0 Å². The molecule has 0 radical (unpaired) electrons. The van der Waals surface area contributed by atoms with E-state index >= 15 is 0 Å². The molecule has 0 bridgehead atoms. The summed E-state index contributed by atoms with van der Waals surface area (Å²) >= 11 is 0. The van der Waals surface area contributed by atoms with E-state index in [-0.39, 0.29) is 56.6 Å². The number of esters is 1. The van der Waals surface area contributed by atoms with E-state index in [1.807, 2.05) is 6.92 Å². The van der Waals surface area contributed by atoms with Gasteiger partial charge in [-0.05, 0) is 105 Å². The fraction of sp³-hybridized carbons (Fsp3) is 0.844. The third kappa shape index (κ3) is 3.14. The Labute approximate surface area is 218 Å². The molecule has 200 valence electrons. The smallest absolute Gasteiger partial charge is 0.311 e. The number of carbonyl (C=O) groups excluding carboxylic acids is 3. The maximum Gasteiger partial charge on any atom is 0.311 e. The maximum absolute atomic E-state index is 14.3. The molecule has 0 aromatic heterocycles. The van der Waals surface area contributed by atoms with Crippen molar-refractivity contribution in [2.24, 2.45) is 50.2 Å². The lowest BCUT2D eigenvalue weighted by molar-refractivity contribution is -0.188. The van der Waals surface area contributed by atoms with E-state index in [1.165, 1.54) is 5.57 Å². The van der Waals surface area contributed by atoms with E-state index in [1.54, 1.807) is 0 Å². The number of Topliss-reactive ketones (excluding diaryl/α,β-unsaturated/α-hetero) is 1. The molecular weight excluding hydrogens is 448 g/mol. The van der Waals surface area contributed by atoms with Crippen molar-refractivity contribution in [1.82, 2.24) is 0 Å². The van der Waals surface area contributed by atoms with Crippen LogP contribution in [0.15, 0.2) is 11.6 Å². The molecule has 8 atom stereocenters. The van der Waals surface area contributed by atoms with Crippen molar-refractivity contribution in [2.45, 2.75) is 113 Å². The number of rotatable bonds is 2. The number of fused-ring (bicyclic) bond motifs is 7. The average molecular weight is 497 g/mol. The van der Waals surface area contributed by atoms with Gasteiger partial charge < -0.3 is 4.74 Å². The molecule has 4 saturated carbocycles. The Hall–Kier alpha value is -1.45. The molecule has 5 rings (SSSR count). The van der Waals surface area contributed by atoms with Crippen LogP contribution in [0, 0.1) is 50.2 Å². The van der Waals surface area contributed by atoms with Crippen molar-refractivity contribution in [3.05, 3.63) is 11.6 Å². The minimum absolute atomic E-state index is 0.0470. The third-order valence-electron chi connectivity index (χ3n) is 13.1. The van der Waals surface area contributed by atoms with Gasteiger partial charge in [-0.15, -0.1) is 0 Å². The second-order valence-corrected chi connectivity index (χ2v) is 15.1. The molecule has 0 N–H and O–H groups in total. The quantitative estimate of drug-likeness (QED) is 0.383. The van der Waals surface area contributed by atoms with Crippen molar-refractivity contribution in [3.8, 4) is 0 Å². The van der Waals surface area contributed by atoms with E-state index < -0.39 is 5.41 Å². The molecule has 5 aliphatic rings. The Kier molecular flexibility index (Phi) is 5.66. The van der Waals surface area contributed by atoms with Gasteiger partial charge in [-0.3, -0.25) is 14.4 Å². The summed E-state index contributed by atoms with van der Waals surface area (Å²) in [6.07, 6.45) is 10.4. The van der Waals surface area contributed by atoms with Gasteiger partial charge in [0.2, 0.25) is 0 Å². The number of hydrogen-bond donors (Lipinski definition) is 0. The molecule has 4 fully saturated rings. The topological polar surface area (TPSA) is 60.4 Å². The Morgan fingerprint density at radius 2 is 1.61 bits per heavy atom. The second kappa shape index (κ2) is 7.79. The summed E-state index contributed by atoms with van der Waals surface area (Å²) in [6.45, 7) is 18.2. The highest BCUT2D eigenvalue weighted by Crippen LogP contribution is 2.74. The summed E-state index contributed by atoms with van der Waals surface area (Å²) in [7, 11) is 0. The van der Waals surface area contributed by atoms with Gasteiger partial charge in [-0.25, -0.2) is 0 Å². The fourth-order valence-corrected chi connectivity index (χ4v) is 10.5. The normalized spacial score (nSPS) is 49.7. The largest absolute Gasteiger partial charge is 0.466 e. The summed E-state index contributed by atoms with van der Waals surface area (Å²) in [5, 5.41) is 0. The van der Waals surface area contributed by atoms with Gasteiger partial charge in [0, 0.05) is 17.8 Å². The highest BCUT2D eigenvalue weighted by molar-refractivity contribution is 5.96. The highest BCUT2D eigenvalue weighted by atomic mass is 16.5. The number of ether oxygens (including phenoxy) is 1. The first-order valence-electron chi connectivity index (χ1n) is 14.6. The molecule has 0 unspecified atom stereocenters. The minimum Gasteiger partial charge on any atom is -0.466 e. The number of carbonyl (C=O) groups is 3. The van der Waals surface area contributed by atoms with Gasteiger partial charge in [0.15, 0.2) is 5.78 Å². The summed E-state index contributed by atoms with van der Waals surface area (Å²) < 4.78 is 5.53. The van der Waals surface area contributed by atoms with Crippen LogP contribution < -0.4 is 0 Å².